The van der Waals surface area contributed by atoms with Gasteiger partial charge < -0.3 is 10.0 Å². The van der Waals surface area contributed by atoms with Crippen LogP contribution in [0.3, 0.4) is 0 Å². The summed E-state index contributed by atoms with van der Waals surface area (Å²) in [5.41, 5.74) is 0.921. The minimum atomic E-state index is 0.211. The van der Waals surface area contributed by atoms with Crippen molar-refractivity contribution in [3.63, 3.8) is 0 Å². The van der Waals surface area contributed by atoms with Gasteiger partial charge >= 0.3 is 0 Å². The molecule has 1 aromatic heterocycles. The molecule has 0 aliphatic carbocycles. The largest absolute Gasteiger partial charge is 0.396 e. The van der Waals surface area contributed by atoms with Gasteiger partial charge in [0.2, 0.25) is 0 Å². The summed E-state index contributed by atoms with van der Waals surface area (Å²) in [6.45, 7) is 7.16. The van der Waals surface area contributed by atoms with Gasteiger partial charge in [0.1, 0.15) is 0 Å². The number of rotatable bonds is 5. The highest BCUT2D eigenvalue weighted by Gasteiger charge is 2.11. The van der Waals surface area contributed by atoms with Crippen molar-refractivity contribution in [2.24, 2.45) is 0 Å². The zero-order chi connectivity index (χ0) is 11.3. The number of hydrogen-bond donors (Lipinski definition) is 1. The van der Waals surface area contributed by atoms with Crippen LogP contribution in [0, 0.1) is 6.92 Å². The van der Waals surface area contributed by atoms with Crippen molar-refractivity contribution < 1.29 is 5.11 Å². The lowest BCUT2D eigenvalue weighted by Gasteiger charge is -2.27. The van der Waals surface area contributed by atoms with Crippen molar-refractivity contribution in [2.75, 3.05) is 18.1 Å². The first kappa shape index (κ1) is 11.9. The van der Waals surface area contributed by atoms with Crippen LogP contribution in [0.15, 0.2) is 12.1 Å². The van der Waals surface area contributed by atoms with Crippen LogP contribution >= 0.6 is 0 Å². The molecule has 0 amide bonds. The molecule has 1 aromatic rings. The van der Waals surface area contributed by atoms with Crippen LogP contribution in [0.5, 0.6) is 0 Å². The molecule has 0 aliphatic heterocycles. The Hall–Kier alpha value is -1.16. The monoisotopic (exact) mass is 209 g/mol. The normalized spacial score (nSPS) is 10.7. The van der Waals surface area contributed by atoms with Crippen molar-refractivity contribution in [1.29, 1.82) is 0 Å². The summed E-state index contributed by atoms with van der Waals surface area (Å²) in [6, 6.07) is 4.30. The Balaban J connectivity index is 2.74. The van der Waals surface area contributed by atoms with E-state index in [4.69, 9.17) is 5.11 Å². The molecular weight excluding hydrogens is 190 g/mol. The van der Waals surface area contributed by atoms with Gasteiger partial charge in [0.25, 0.3) is 0 Å². The van der Waals surface area contributed by atoms with Crippen molar-refractivity contribution in [1.82, 2.24) is 10.2 Å². The predicted octanol–water partition coefficient (Wildman–Crippen LogP) is 1.38. The fourth-order valence-electron chi connectivity index (χ4n) is 1.42. The number of aliphatic hydroxyl groups is 1. The molecule has 4 nitrogen and oxygen atoms in total. The third kappa shape index (κ3) is 3.47. The molecule has 0 spiro atoms. The Morgan fingerprint density at radius 3 is 2.53 bits per heavy atom. The van der Waals surface area contributed by atoms with E-state index in [0.29, 0.717) is 6.04 Å². The summed E-state index contributed by atoms with van der Waals surface area (Å²) in [6.07, 6.45) is 0.758. The molecule has 0 aliphatic rings. The van der Waals surface area contributed by atoms with E-state index in [1.807, 2.05) is 19.1 Å². The average Bonchev–Trinajstić information content (AvgIpc) is 2.21. The number of aromatic nitrogens is 2. The molecule has 84 valence electrons. The lowest BCUT2D eigenvalue weighted by atomic mass is 10.2. The smallest absolute Gasteiger partial charge is 0.151 e. The third-order valence-corrected chi connectivity index (χ3v) is 2.26. The fraction of sp³-hybridized carbons (Fsp3) is 0.636. The van der Waals surface area contributed by atoms with Gasteiger partial charge in [0, 0.05) is 19.2 Å². The first-order valence-corrected chi connectivity index (χ1v) is 5.33. The van der Waals surface area contributed by atoms with E-state index in [-0.39, 0.29) is 6.61 Å². The zero-order valence-corrected chi connectivity index (χ0v) is 9.64. The molecule has 0 unspecified atom stereocenters. The number of aryl methyl sites for hydroxylation is 1. The number of anilines is 1. The van der Waals surface area contributed by atoms with Crippen LogP contribution in [0.2, 0.25) is 0 Å². The van der Waals surface area contributed by atoms with Gasteiger partial charge in [0.05, 0.1) is 5.69 Å². The van der Waals surface area contributed by atoms with E-state index in [0.717, 1.165) is 24.5 Å². The molecule has 0 saturated heterocycles. The number of hydrogen-bond acceptors (Lipinski definition) is 4. The molecule has 0 saturated carbocycles. The quantitative estimate of drug-likeness (QED) is 0.796. The molecule has 4 heteroatoms. The predicted molar refractivity (Wildman–Crippen MR) is 61.0 cm³/mol. The van der Waals surface area contributed by atoms with E-state index in [1.54, 1.807) is 0 Å². The van der Waals surface area contributed by atoms with Crippen LogP contribution in [-0.2, 0) is 0 Å². The summed E-state index contributed by atoms with van der Waals surface area (Å²) in [5, 5.41) is 17.0. The minimum Gasteiger partial charge on any atom is -0.396 e. The Labute approximate surface area is 90.9 Å². The first-order chi connectivity index (χ1) is 7.15. The molecule has 1 heterocycles. The molecule has 0 fully saturated rings. The van der Waals surface area contributed by atoms with Gasteiger partial charge in [-0.15, -0.1) is 5.10 Å². The number of nitrogens with zero attached hydrogens (tertiary/aromatic N) is 3. The van der Waals surface area contributed by atoms with Crippen LogP contribution in [0.4, 0.5) is 5.82 Å². The minimum absolute atomic E-state index is 0.211. The molecule has 0 bridgehead atoms. The molecule has 1 N–H and O–H groups in total. The van der Waals surface area contributed by atoms with E-state index in [2.05, 4.69) is 28.9 Å². The van der Waals surface area contributed by atoms with Crippen LogP contribution in [0.1, 0.15) is 26.0 Å². The third-order valence-electron chi connectivity index (χ3n) is 2.26. The maximum absolute atomic E-state index is 8.83. The van der Waals surface area contributed by atoms with Crippen LogP contribution in [0.25, 0.3) is 0 Å². The molecule has 0 radical (unpaired) electrons. The molecular formula is C11H19N3O. The van der Waals surface area contributed by atoms with Crippen molar-refractivity contribution in [3.05, 3.63) is 17.8 Å². The van der Waals surface area contributed by atoms with Crippen molar-refractivity contribution in [2.45, 2.75) is 33.2 Å². The summed E-state index contributed by atoms with van der Waals surface area (Å²) >= 11 is 0. The van der Waals surface area contributed by atoms with Gasteiger partial charge in [-0.25, -0.2) is 0 Å². The van der Waals surface area contributed by atoms with E-state index in [1.165, 1.54) is 0 Å². The Kier molecular flexibility index (Phi) is 4.49. The van der Waals surface area contributed by atoms with E-state index in [9.17, 15) is 0 Å². The highest BCUT2D eigenvalue weighted by atomic mass is 16.3. The SMILES string of the molecule is Cc1ccc(N(CCCO)C(C)C)nn1. The topological polar surface area (TPSA) is 49.2 Å². The van der Waals surface area contributed by atoms with Crippen molar-refractivity contribution in [3.8, 4) is 0 Å². The Morgan fingerprint density at radius 1 is 1.33 bits per heavy atom. The summed E-state index contributed by atoms with van der Waals surface area (Å²) in [7, 11) is 0. The molecule has 0 aromatic carbocycles. The first-order valence-electron chi connectivity index (χ1n) is 5.33. The van der Waals surface area contributed by atoms with E-state index >= 15 is 0 Å². The highest BCUT2D eigenvalue weighted by Crippen LogP contribution is 2.13. The second-order valence-electron chi connectivity index (χ2n) is 3.90. The second kappa shape index (κ2) is 5.66. The second-order valence-corrected chi connectivity index (χ2v) is 3.90. The highest BCUT2D eigenvalue weighted by molar-refractivity contribution is 5.38. The van der Waals surface area contributed by atoms with E-state index < -0.39 is 0 Å². The standard InChI is InChI=1S/C11H19N3O/c1-9(2)14(7-4-8-15)11-6-5-10(3)12-13-11/h5-6,9,15H,4,7-8H2,1-3H3. The maximum atomic E-state index is 8.83. The van der Waals surface area contributed by atoms with Gasteiger partial charge in [-0.05, 0) is 39.3 Å². The average molecular weight is 209 g/mol. The van der Waals surface area contributed by atoms with Gasteiger partial charge in [-0.3, -0.25) is 0 Å². The van der Waals surface area contributed by atoms with Gasteiger partial charge in [-0.1, -0.05) is 0 Å². The molecule has 0 atom stereocenters. The summed E-state index contributed by atoms with van der Waals surface area (Å²) < 4.78 is 0. The zero-order valence-electron chi connectivity index (χ0n) is 9.64. The van der Waals surface area contributed by atoms with Crippen molar-refractivity contribution >= 4 is 5.82 Å². The number of aliphatic hydroxyl groups excluding tert-OH is 1. The van der Waals surface area contributed by atoms with Gasteiger partial charge in [0.15, 0.2) is 5.82 Å². The van der Waals surface area contributed by atoms with Gasteiger partial charge in [-0.2, -0.15) is 5.10 Å². The Bertz CT molecular complexity index is 284. The van der Waals surface area contributed by atoms with Crippen LogP contribution < -0.4 is 4.90 Å². The lowest BCUT2D eigenvalue weighted by Crippen LogP contribution is -2.33. The summed E-state index contributed by atoms with van der Waals surface area (Å²) in [5.74, 6) is 0.879. The van der Waals surface area contributed by atoms with Crippen LogP contribution in [-0.4, -0.2) is 34.5 Å². The Morgan fingerprint density at radius 2 is 2.07 bits per heavy atom. The molecule has 1 rings (SSSR count). The summed E-state index contributed by atoms with van der Waals surface area (Å²) in [4.78, 5) is 2.14. The fourth-order valence-corrected chi connectivity index (χ4v) is 1.42. The molecule has 15 heavy (non-hydrogen) atoms. The maximum Gasteiger partial charge on any atom is 0.151 e. The lowest BCUT2D eigenvalue weighted by molar-refractivity contribution is 0.288.